The quantitative estimate of drug-likeness (QED) is 0.808. The molecule has 2 nitrogen and oxygen atoms in total. The van der Waals surface area contributed by atoms with Crippen LogP contribution in [0.3, 0.4) is 0 Å². The summed E-state index contributed by atoms with van der Waals surface area (Å²) in [7, 11) is 1.95. The highest BCUT2D eigenvalue weighted by Crippen LogP contribution is 2.23. The molecule has 0 amide bonds. The van der Waals surface area contributed by atoms with Crippen LogP contribution in [0.15, 0.2) is 42.5 Å². The summed E-state index contributed by atoms with van der Waals surface area (Å²) in [5.41, 5.74) is 6.56. The topological polar surface area (TPSA) is 24.1 Å². The van der Waals surface area contributed by atoms with E-state index < -0.39 is 0 Å². The molecule has 20 heavy (non-hydrogen) atoms. The summed E-state index contributed by atoms with van der Waals surface area (Å²) in [6.07, 6.45) is 2.12. The lowest BCUT2D eigenvalue weighted by molar-refractivity contribution is 1.05. The highest BCUT2D eigenvalue weighted by molar-refractivity contribution is 5.58. The minimum absolute atomic E-state index is 0.861. The number of para-hydroxylation sites is 1. The molecule has 2 heteroatoms. The Bertz CT molecular complexity index is 539. The molecule has 0 saturated carbocycles. The number of benzene rings is 2. The predicted molar refractivity (Wildman–Crippen MR) is 88.5 cm³/mol. The van der Waals surface area contributed by atoms with Gasteiger partial charge in [0.15, 0.2) is 0 Å². The summed E-state index contributed by atoms with van der Waals surface area (Å²) >= 11 is 0. The fraction of sp³-hybridized carbons (Fsp3) is 0.333. The summed E-state index contributed by atoms with van der Waals surface area (Å²) in [4.78, 5) is 0. The number of nitrogens with one attached hydrogen (secondary N) is 2. The van der Waals surface area contributed by atoms with Crippen LogP contribution in [-0.2, 0) is 19.4 Å². The molecule has 0 radical (unpaired) electrons. The molecular formula is C18H24N2. The molecule has 0 aliphatic carbocycles. The van der Waals surface area contributed by atoms with E-state index in [0.717, 1.165) is 25.1 Å². The number of hydrogen-bond acceptors (Lipinski definition) is 2. The Morgan fingerprint density at radius 3 is 2.15 bits per heavy atom. The third-order valence-electron chi connectivity index (χ3n) is 3.68. The first kappa shape index (κ1) is 14.4. The number of aryl methyl sites for hydroxylation is 2. The van der Waals surface area contributed by atoms with E-state index in [1.54, 1.807) is 0 Å². The van der Waals surface area contributed by atoms with Crippen LogP contribution in [0.5, 0.6) is 0 Å². The molecule has 0 spiro atoms. The van der Waals surface area contributed by atoms with E-state index in [0.29, 0.717) is 0 Å². The largest absolute Gasteiger partial charge is 0.388 e. The smallest absolute Gasteiger partial charge is 0.0407 e. The van der Waals surface area contributed by atoms with Gasteiger partial charge in [-0.25, -0.2) is 0 Å². The standard InChI is InChI=1S/C18H24N2/c1-4-15-9-7-10-16(5-2)18(15)20-13-14-8-6-11-17(12-14)19-3/h6-12,19-20H,4-5,13H2,1-3H3. The van der Waals surface area contributed by atoms with Crippen molar-refractivity contribution >= 4 is 11.4 Å². The highest BCUT2D eigenvalue weighted by Gasteiger charge is 2.05. The molecule has 2 N–H and O–H groups in total. The maximum absolute atomic E-state index is 3.62. The Morgan fingerprint density at radius 1 is 0.900 bits per heavy atom. The fourth-order valence-corrected chi connectivity index (χ4v) is 2.50. The van der Waals surface area contributed by atoms with E-state index in [-0.39, 0.29) is 0 Å². The number of hydrogen-bond donors (Lipinski definition) is 2. The van der Waals surface area contributed by atoms with Gasteiger partial charge in [0.2, 0.25) is 0 Å². The minimum Gasteiger partial charge on any atom is -0.388 e. The summed E-state index contributed by atoms with van der Waals surface area (Å²) in [5, 5.41) is 6.81. The summed E-state index contributed by atoms with van der Waals surface area (Å²) < 4.78 is 0. The van der Waals surface area contributed by atoms with E-state index >= 15 is 0 Å². The molecule has 0 aromatic heterocycles. The Morgan fingerprint density at radius 2 is 1.55 bits per heavy atom. The second-order valence-corrected chi connectivity index (χ2v) is 4.96. The molecule has 106 valence electrons. The zero-order chi connectivity index (χ0) is 14.4. The Kier molecular flexibility index (Phi) is 5.05. The fourth-order valence-electron chi connectivity index (χ4n) is 2.50. The van der Waals surface area contributed by atoms with Gasteiger partial charge in [-0.1, -0.05) is 44.2 Å². The average Bonchev–Trinajstić information content (AvgIpc) is 2.52. The molecule has 2 rings (SSSR count). The molecular weight excluding hydrogens is 244 g/mol. The van der Waals surface area contributed by atoms with Gasteiger partial charge in [0, 0.05) is 25.0 Å². The minimum atomic E-state index is 0.861. The van der Waals surface area contributed by atoms with Crippen LogP contribution < -0.4 is 10.6 Å². The van der Waals surface area contributed by atoms with Crippen LogP contribution in [0.1, 0.15) is 30.5 Å². The third kappa shape index (κ3) is 3.32. The van der Waals surface area contributed by atoms with Gasteiger partial charge < -0.3 is 10.6 Å². The van der Waals surface area contributed by atoms with Crippen LogP contribution in [-0.4, -0.2) is 7.05 Å². The molecule has 0 fully saturated rings. The van der Waals surface area contributed by atoms with Crippen molar-refractivity contribution in [3.8, 4) is 0 Å². The van der Waals surface area contributed by atoms with Gasteiger partial charge in [-0.05, 0) is 41.7 Å². The first-order chi connectivity index (χ1) is 9.78. The lowest BCUT2D eigenvalue weighted by Crippen LogP contribution is -2.05. The maximum Gasteiger partial charge on any atom is 0.0407 e. The molecule has 0 saturated heterocycles. The molecule has 0 atom stereocenters. The zero-order valence-corrected chi connectivity index (χ0v) is 12.7. The van der Waals surface area contributed by atoms with E-state index in [1.165, 1.54) is 22.4 Å². The van der Waals surface area contributed by atoms with Crippen molar-refractivity contribution < 1.29 is 0 Å². The van der Waals surface area contributed by atoms with Crippen molar-refractivity contribution in [2.45, 2.75) is 33.2 Å². The van der Waals surface area contributed by atoms with Gasteiger partial charge in [-0.15, -0.1) is 0 Å². The van der Waals surface area contributed by atoms with Crippen molar-refractivity contribution in [2.24, 2.45) is 0 Å². The van der Waals surface area contributed by atoms with E-state index in [1.807, 2.05) is 7.05 Å². The SMILES string of the molecule is CCc1cccc(CC)c1NCc1cccc(NC)c1. The average molecular weight is 268 g/mol. The van der Waals surface area contributed by atoms with Gasteiger partial charge >= 0.3 is 0 Å². The van der Waals surface area contributed by atoms with Gasteiger partial charge in [0.05, 0.1) is 0 Å². The van der Waals surface area contributed by atoms with Gasteiger partial charge in [-0.2, -0.15) is 0 Å². The first-order valence-corrected chi connectivity index (χ1v) is 7.39. The van der Waals surface area contributed by atoms with Crippen LogP contribution in [0.2, 0.25) is 0 Å². The van der Waals surface area contributed by atoms with Crippen LogP contribution >= 0.6 is 0 Å². The van der Waals surface area contributed by atoms with Crippen molar-refractivity contribution in [1.82, 2.24) is 0 Å². The Hall–Kier alpha value is -1.96. The van der Waals surface area contributed by atoms with Gasteiger partial charge in [0.1, 0.15) is 0 Å². The van der Waals surface area contributed by atoms with Gasteiger partial charge in [-0.3, -0.25) is 0 Å². The molecule has 2 aromatic rings. The monoisotopic (exact) mass is 268 g/mol. The van der Waals surface area contributed by atoms with Crippen molar-refractivity contribution in [2.75, 3.05) is 17.7 Å². The van der Waals surface area contributed by atoms with Gasteiger partial charge in [0.25, 0.3) is 0 Å². The van der Waals surface area contributed by atoms with Crippen molar-refractivity contribution in [1.29, 1.82) is 0 Å². The predicted octanol–water partition coefficient (Wildman–Crippen LogP) is 4.47. The molecule has 0 heterocycles. The normalized spacial score (nSPS) is 10.3. The zero-order valence-electron chi connectivity index (χ0n) is 12.7. The number of anilines is 2. The Balaban J connectivity index is 2.17. The van der Waals surface area contributed by atoms with Crippen molar-refractivity contribution in [3.05, 3.63) is 59.2 Å². The summed E-state index contributed by atoms with van der Waals surface area (Å²) in [5.74, 6) is 0. The van der Waals surface area contributed by atoms with Crippen LogP contribution in [0, 0.1) is 0 Å². The summed E-state index contributed by atoms with van der Waals surface area (Å²) in [6, 6.07) is 15.1. The second kappa shape index (κ2) is 6.99. The van der Waals surface area contributed by atoms with E-state index in [9.17, 15) is 0 Å². The van der Waals surface area contributed by atoms with Crippen LogP contribution in [0.25, 0.3) is 0 Å². The lowest BCUT2D eigenvalue weighted by atomic mass is 10.0. The molecule has 0 aliphatic rings. The lowest BCUT2D eigenvalue weighted by Gasteiger charge is -2.15. The molecule has 2 aromatic carbocycles. The van der Waals surface area contributed by atoms with E-state index in [2.05, 4.69) is 66.9 Å². The molecule has 0 bridgehead atoms. The third-order valence-corrected chi connectivity index (χ3v) is 3.68. The second-order valence-electron chi connectivity index (χ2n) is 4.96. The first-order valence-electron chi connectivity index (χ1n) is 7.39. The maximum atomic E-state index is 3.62. The highest BCUT2D eigenvalue weighted by atomic mass is 14.9. The summed E-state index contributed by atoms with van der Waals surface area (Å²) in [6.45, 7) is 5.28. The molecule has 0 unspecified atom stereocenters. The Labute approximate surface area is 122 Å². The van der Waals surface area contributed by atoms with E-state index in [4.69, 9.17) is 0 Å². The number of rotatable bonds is 6. The van der Waals surface area contributed by atoms with Crippen LogP contribution in [0.4, 0.5) is 11.4 Å². The van der Waals surface area contributed by atoms with Crippen molar-refractivity contribution in [3.63, 3.8) is 0 Å². The molecule has 0 aliphatic heterocycles.